The van der Waals surface area contributed by atoms with E-state index in [1.165, 1.54) is 25.7 Å². The van der Waals surface area contributed by atoms with Crippen LogP contribution in [0.5, 0.6) is 0 Å². The molecule has 2 heteroatoms. The molecule has 8 atom stereocenters. The van der Waals surface area contributed by atoms with Crippen LogP contribution in [0.1, 0.15) is 107 Å². The Kier molecular flexibility index (Phi) is 4.73. The highest BCUT2D eigenvalue weighted by atomic mass is 16.3. The Labute approximate surface area is 197 Å². The van der Waals surface area contributed by atoms with E-state index < -0.39 is 0 Å². The molecule has 5 aliphatic carbocycles. The molecule has 4 fully saturated rings. The minimum absolute atomic E-state index is 0.0126. The Morgan fingerprint density at radius 3 is 2.09 bits per heavy atom. The standard InChI is InChI=1S/C30H48O2/c1-25(2)17-20-19-9-10-22-28(6)13-12-23(31)26(3,4)21(28)11-14-30(22,8)29(19,7)16-15-27(20,5)18-24(25)32/h9-10,20-21,23-24,31-32H,11-18H2,1-8H3/t20-,21?,23-,24+,27+,28+,29-,30-/m1/s1. The van der Waals surface area contributed by atoms with Crippen LogP contribution in [-0.2, 0) is 0 Å². The summed E-state index contributed by atoms with van der Waals surface area (Å²) in [5.41, 5.74) is 4.15. The minimum Gasteiger partial charge on any atom is -0.393 e. The van der Waals surface area contributed by atoms with Gasteiger partial charge in [0.1, 0.15) is 0 Å². The van der Waals surface area contributed by atoms with E-state index >= 15 is 0 Å². The maximum atomic E-state index is 10.9. The topological polar surface area (TPSA) is 40.5 Å². The number of allylic oxidation sites excluding steroid dienone is 4. The van der Waals surface area contributed by atoms with Gasteiger partial charge in [0.2, 0.25) is 0 Å². The normalized spacial score (nSPS) is 53.7. The van der Waals surface area contributed by atoms with Crippen LogP contribution >= 0.6 is 0 Å². The Morgan fingerprint density at radius 2 is 1.41 bits per heavy atom. The summed E-state index contributed by atoms with van der Waals surface area (Å²) in [6.07, 6.45) is 13.7. The second-order valence-electron chi connectivity index (χ2n) is 14.9. The number of hydrogen-bond donors (Lipinski definition) is 2. The molecule has 0 aliphatic heterocycles. The maximum absolute atomic E-state index is 10.9. The van der Waals surface area contributed by atoms with Crippen molar-refractivity contribution >= 4 is 0 Å². The van der Waals surface area contributed by atoms with E-state index in [0.717, 1.165) is 25.7 Å². The first kappa shape index (κ1) is 23.2. The molecule has 0 radical (unpaired) electrons. The zero-order chi connectivity index (χ0) is 23.5. The molecule has 0 aromatic rings. The zero-order valence-corrected chi connectivity index (χ0v) is 22.0. The monoisotopic (exact) mass is 440 g/mol. The highest BCUT2D eigenvalue weighted by molar-refractivity contribution is 5.45. The van der Waals surface area contributed by atoms with Gasteiger partial charge in [0.25, 0.3) is 0 Å². The molecule has 32 heavy (non-hydrogen) atoms. The van der Waals surface area contributed by atoms with Crippen LogP contribution < -0.4 is 0 Å². The Morgan fingerprint density at radius 1 is 0.719 bits per heavy atom. The molecule has 0 aromatic carbocycles. The Balaban J connectivity index is 1.62. The lowest BCUT2D eigenvalue weighted by Gasteiger charge is -2.68. The molecule has 5 aliphatic rings. The predicted molar refractivity (Wildman–Crippen MR) is 132 cm³/mol. The lowest BCUT2D eigenvalue weighted by atomic mass is 9.36. The van der Waals surface area contributed by atoms with E-state index in [9.17, 15) is 10.2 Å². The summed E-state index contributed by atoms with van der Waals surface area (Å²) in [5.74, 6) is 1.12. The highest BCUT2D eigenvalue weighted by Crippen LogP contribution is 2.74. The van der Waals surface area contributed by atoms with E-state index in [1.54, 1.807) is 11.1 Å². The van der Waals surface area contributed by atoms with Gasteiger partial charge in [0.05, 0.1) is 12.2 Å². The number of hydrogen-bond acceptors (Lipinski definition) is 2. The molecule has 0 heterocycles. The van der Waals surface area contributed by atoms with Gasteiger partial charge in [0.15, 0.2) is 0 Å². The van der Waals surface area contributed by atoms with Gasteiger partial charge < -0.3 is 10.2 Å². The lowest BCUT2D eigenvalue weighted by molar-refractivity contribution is -0.132. The molecule has 0 aromatic heterocycles. The SMILES string of the molecule is CC1(C)C[C@@H]2C3=CC=C4[C@@]5(C)CC[C@@H](O)C(C)(C)C5CC[C@@]4(C)[C@]3(C)CC[C@@]2(C)C[C@@H]1O. The van der Waals surface area contributed by atoms with Crippen LogP contribution in [0.25, 0.3) is 0 Å². The van der Waals surface area contributed by atoms with Gasteiger partial charge in [0, 0.05) is 0 Å². The van der Waals surface area contributed by atoms with E-state index in [-0.39, 0.29) is 44.7 Å². The second kappa shape index (κ2) is 6.54. The summed E-state index contributed by atoms with van der Waals surface area (Å²) in [6.45, 7) is 19.4. The largest absolute Gasteiger partial charge is 0.393 e. The van der Waals surface area contributed by atoms with Crippen molar-refractivity contribution in [3.63, 3.8) is 0 Å². The van der Waals surface area contributed by atoms with Crippen molar-refractivity contribution in [3.8, 4) is 0 Å². The number of aliphatic hydroxyl groups excluding tert-OH is 2. The van der Waals surface area contributed by atoms with Gasteiger partial charge in [-0.05, 0) is 95.7 Å². The van der Waals surface area contributed by atoms with Crippen molar-refractivity contribution in [2.45, 2.75) is 119 Å². The van der Waals surface area contributed by atoms with E-state index in [0.29, 0.717) is 11.8 Å². The summed E-state index contributed by atoms with van der Waals surface area (Å²) in [4.78, 5) is 0. The third-order valence-electron chi connectivity index (χ3n) is 12.6. The molecular formula is C30H48O2. The molecule has 2 N–H and O–H groups in total. The first-order valence-electron chi connectivity index (χ1n) is 13.4. The zero-order valence-electron chi connectivity index (χ0n) is 22.0. The molecule has 0 saturated heterocycles. The minimum atomic E-state index is -0.191. The van der Waals surface area contributed by atoms with Crippen LogP contribution in [0.4, 0.5) is 0 Å². The van der Waals surface area contributed by atoms with E-state index in [1.807, 2.05) is 0 Å². The first-order chi connectivity index (χ1) is 14.6. The first-order valence-corrected chi connectivity index (χ1v) is 13.4. The number of rotatable bonds is 0. The van der Waals surface area contributed by atoms with Gasteiger partial charge >= 0.3 is 0 Å². The second-order valence-corrected chi connectivity index (χ2v) is 14.9. The summed E-state index contributed by atoms with van der Waals surface area (Å²) in [7, 11) is 0. The molecule has 5 rings (SSSR count). The summed E-state index contributed by atoms with van der Waals surface area (Å²) >= 11 is 0. The summed E-state index contributed by atoms with van der Waals surface area (Å²) in [6, 6.07) is 0. The van der Waals surface area contributed by atoms with Crippen molar-refractivity contribution < 1.29 is 10.2 Å². The molecule has 2 nitrogen and oxygen atoms in total. The third-order valence-corrected chi connectivity index (χ3v) is 12.6. The van der Waals surface area contributed by atoms with E-state index in [2.05, 4.69) is 67.5 Å². The fourth-order valence-corrected chi connectivity index (χ4v) is 9.86. The fraction of sp³-hybridized carbons (Fsp3) is 0.867. The van der Waals surface area contributed by atoms with E-state index in [4.69, 9.17) is 0 Å². The van der Waals surface area contributed by atoms with Crippen molar-refractivity contribution in [1.29, 1.82) is 0 Å². The summed E-state index contributed by atoms with van der Waals surface area (Å²) < 4.78 is 0. The van der Waals surface area contributed by atoms with Crippen LogP contribution in [0.2, 0.25) is 0 Å². The maximum Gasteiger partial charge on any atom is 0.0596 e. The van der Waals surface area contributed by atoms with Crippen LogP contribution in [0, 0.1) is 44.3 Å². The van der Waals surface area contributed by atoms with Crippen LogP contribution in [0.3, 0.4) is 0 Å². The molecule has 0 spiro atoms. The van der Waals surface area contributed by atoms with Crippen molar-refractivity contribution in [2.24, 2.45) is 44.3 Å². The smallest absolute Gasteiger partial charge is 0.0596 e. The lowest BCUT2D eigenvalue weighted by Crippen LogP contribution is -2.61. The molecule has 4 saturated carbocycles. The summed E-state index contributed by atoms with van der Waals surface area (Å²) in [5, 5.41) is 21.8. The molecule has 0 bridgehead atoms. The Bertz CT molecular complexity index is 879. The average molecular weight is 441 g/mol. The quantitative estimate of drug-likeness (QED) is 0.423. The average Bonchev–Trinajstić information content (AvgIpc) is 2.68. The molecule has 180 valence electrons. The number of fused-ring (bicyclic) bond motifs is 7. The van der Waals surface area contributed by atoms with Gasteiger partial charge in [-0.1, -0.05) is 78.7 Å². The van der Waals surface area contributed by atoms with Gasteiger partial charge in [-0.3, -0.25) is 0 Å². The van der Waals surface area contributed by atoms with Crippen molar-refractivity contribution in [3.05, 3.63) is 23.3 Å². The van der Waals surface area contributed by atoms with Crippen LogP contribution in [-0.4, -0.2) is 22.4 Å². The fourth-order valence-electron chi connectivity index (χ4n) is 9.86. The predicted octanol–water partition coefficient (Wildman–Crippen LogP) is 7.06. The number of aliphatic hydroxyl groups is 2. The van der Waals surface area contributed by atoms with Crippen molar-refractivity contribution in [2.75, 3.05) is 0 Å². The Hall–Kier alpha value is -0.600. The highest BCUT2D eigenvalue weighted by Gasteiger charge is 2.66. The third kappa shape index (κ3) is 2.66. The van der Waals surface area contributed by atoms with Gasteiger partial charge in [-0.25, -0.2) is 0 Å². The molecule has 1 unspecified atom stereocenters. The van der Waals surface area contributed by atoms with Crippen LogP contribution in [0.15, 0.2) is 23.3 Å². The van der Waals surface area contributed by atoms with Gasteiger partial charge in [-0.15, -0.1) is 0 Å². The molecular weight excluding hydrogens is 392 g/mol. The van der Waals surface area contributed by atoms with Gasteiger partial charge in [-0.2, -0.15) is 0 Å². The van der Waals surface area contributed by atoms with Crippen molar-refractivity contribution in [1.82, 2.24) is 0 Å². The molecule has 0 amide bonds.